The summed E-state index contributed by atoms with van der Waals surface area (Å²) in [5.74, 6) is 0.858. The first-order valence-electron chi connectivity index (χ1n) is 14.2. The van der Waals surface area contributed by atoms with Gasteiger partial charge in [-0.3, -0.25) is 4.57 Å². The third-order valence-electron chi connectivity index (χ3n) is 8.12. The van der Waals surface area contributed by atoms with Crippen molar-refractivity contribution >= 4 is 29.7 Å². The molecule has 0 aromatic heterocycles. The maximum Gasteiger partial charge on any atom is 0.258 e. The lowest BCUT2D eigenvalue weighted by Gasteiger charge is -2.41. The van der Waals surface area contributed by atoms with E-state index >= 15 is 4.57 Å². The van der Waals surface area contributed by atoms with Crippen LogP contribution in [0.25, 0.3) is 0 Å². The van der Waals surface area contributed by atoms with Crippen LogP contribution in [-0.2, 0) is 9.09 Å². The Bertz CT molecular complexity index is 1230. The molecule has 0 heterocycles. The molecule has 5 atom stereocenters. The minimum Gasteiger partial charge on any atom is -0.378 e. The quantitative estimate of drug-likeness (QED) is 0.261. The zero-order valence-electron chi connectivity index (χ0n) is 24.7. The smallest absolute Gasteiger partial charge is 0.258 e. The molecule has 39 heavy (non-hydrogen) atoms. The van der Waals surface area contributed by atoms with Crippen LogP contribution in [-0.4, -0.2) is 34.3 Å². The van der Waals surface area contributed by atoms with E-state index in [1.807, 2.05) is 82.8 Å². The van der Waals surface area contributed by atoms with Crippen LogP contribution in [0.1, 0.15) is 51.4 Å². The lowest BCUT2D eigenvalue weighted by atomic mass is 9.75. The number of benzene rings is 3. The Kier molecular flexibility index (Phi) is 9.46. The highest BCUT2D eigenvalue weighted by molar-refractivity contribution is 7.67. The summed E-state index contributed by atoms with van der Waals surface area (Å²) in [6.45, 7) is 6.84. The summed E-state index contributed by atoms with van der Waals surface area (Å²) in [5, 5.41) is 4.40. The molecule has 6 heteroatoms. The highest BCUT2D eigenvalue weighted by atomic mass is 31.2. The fourth-order valence-corrected chi connectivity index (χ4v) is 8.31. The maximum absolute atomic E-state index is 15.7. The third kappa shape index (κ3) is 6.88. The van der Waals surface area contributed by atoms with Crippen LogP contribution in [0.4, 0.5) is 17.1 Å². The molecule has 3 aromatic rings. The highest BCUT2D eigenvalue weighted by Crippen LogP contribution is 2.61. The third-order valence-corrected chi connectivity index (χ3v) is 10.8. The second-order valence-electron chi connectivity index (χ2n) is 11.9. The number of nitrogens with zero attached hydrogens (tertiary/aromatic N) is 2. The molecular weight excluding hydrogens is 501 g/mol. The van der Waals surface area contributed by atoms with Crippen molar-refractivity contribution in [3.05, 3.63) is 84.4 Å². The van der Waals surface area contributed by atoms with Crippen molar-refractivity contribution in [3.63, 3.8) is 0 Å². The van der Waals surface area contributed by atoms with E-state index in [1.165, 1.54) is 6.42 Å². The summed E-state index contributed by atoms with van der Waals surface area (Å²) in [7, 11) is 4.64. The van der Waals surface area contributed by atoms with Crippen LogP contribution in [0.3, 0.4) is 0 Å². The second kappa shape index (κ2) is 12.6. The van der Waals surface area contributed by atoms with Gasteiger partial charge in [-0.05, 0) is 84.7 Å². The van der Waals surface area contributed by atoms with Gasteiger partial charge in [0.2, 0.25) is 0 Å². The molecule has 1 fully saturated rings. The molecule has 3 aromatic carbocycles. The molecule has 1 saturated carbocycles. The van der Waals surface area contributed by atoms with Crippen LogP contribution in [0.15, 0.2) is 78.9 Å². The summed E-state index contributed by atoms with van der Waals surface area (Å²) >= 11 is 0. The predicted octanol–water partition coefficient (Wildman–Crippen LogP) is 8.01. The zero-order chi connectivity index (χ0) is 28.2. The van der Waals surface area contributed by atoms with Crippen molar-refractivity contribution in [1.82, 2.24) is 0 Å². The minimum absolute atomic E-state index is 0.0609. The topological polar surface area (TPSA) is 44.8 Å². The van der Waals surface area contributed by atoms with Gasteiger partial charge in [-0.1, -0.05) is 57.5 Å². The first kappa shape index (κ1) is 29.2. The Labute approximate surface area is 236 Å². The molecule has 0 radical (unpaired) electrons. The van der Waals surface area contributed by atoms with E-state index in [0.717, 1.165) is 40.8 Å². The number of nitrogens with one attached hydrogen (secondary N) is 1. The first-order valence-corrected chi connectivity index (χ1v) is 15.9. The van der Waals surface area contributed by atoms with Crippen LogP contribution in [0.2, 0.25) is 0 Å². The Balaban J connectivity index is 1.85. The normalized spacial score (nSPS) is 21.7. The number of para-hydroxylation sites is 1. The van der Waals surface area contributed by atoms with Gasteiger partial charge in [0.15, 0.2) is 0 Å². The van der Waals surface area contributed by atoms with E-state index in [4.69, 9.17) is 4.52 Å². The van der Waals surface area contributed by atoms with Crippen molar-refractivity contribution in [1.29, 1.82) is 0 Å². The number of hydrogen-bond donors (Lipinski definition) is 1. The molecule has 5 nitrogen and oxygen atoms in total. The first-order chi connectivity index (χ1) is 18.6. The van der Waals surface area contributed by atoms with Gasteiger partial charge in [-0.25, -0.2) is 0 Å². The van der Waals surface area contributed by atoms with Gasteiger partial charge in [0.1, 0.15) is 5.78 Å². The molecular formula is C33H46N3O2P. The Morgan fingerprint density at radius 1 is 0.821 bits per heavy atom. The molecule has 1 aliphatic rings. The standard InChI is InChI=1S/C33H46N3O2P/c1-24(2)31-22-13-25(3)23-32(31)38-39(37,30-20-18-29(19-21-30)36(6)7)33(34-27-11-9-8-10-12-27)26-14-16-28(17-15-26)35(4)5/h8-12,14-21,24-25,31-34H,13,22-23H2,1-7H3/t25-,31+,32-,33+,39-/m1/s1. The average molecular weight is 548 g/mol. The van der Waals surface area contributed by atoms with Crippen LogP contribution < -0.4 is 20.4 Å². The fourth-order valence-electron chi connectivity index (χ4n) is 5.68. The van der Waals surface area contributed by atoms with E-state index in [1.54, 1.807) is 0 Å². The number of hydrogen-bond acceptors (Lipinski definition) is 5. The van der Waals surface area contributed by atoms with E-state index in [2.05, 4.69) is 60.2 Å². The molecule has 0 unspecified atom stereocenters. The van der Waals surface area contributed by atoms with Gasteiger partial charge in [-0.2, -0.15) is 0 Å². The largest absolute Gasteiger partial charge is 0.378 e. The number of rotatable bonds is 10. The van der Waals surface area contributed by atoms with Gasteiger partial charge in [-0.15, -0.1) is 0 Å². The highest BCUT2D eigenvalue weighted by Gasteiger charge is 2.43. The van der Waals surface area contributed by atoms with Gasteiger partial charge >= 0.3 is 0 Å². The summed E-state index contributed by atoms with van der Waals surface area (Å²) in [6.07, 6.45) is 3.18. The van der Waals surface area contributed by atoms with E-state index in [0.29, 0.717) is 17.8 Å². The summed E-state index contributed by atoms with van der Waals surface area (Å²) in [6, 6.07) is 26.5. The van der Waals surface area contributed by atoms with Gasteiger partial charge in [0.25, 0.3) is 7.37 Å². The van der Waals surface area contributed by atoms with Crippen molar-refractivity contribution in [2.45, 2.75) is 51.9 Å². The monoisotopic (exact) mass is 547 g/mol. The van der Waals surface area contributed by atoms with Crippen molar-refractivity contribution in [2.75, 3.05) is 43.3 Å². The van der Waals surface area contributed by atoms with Crippen molar-refractivity contribution in [2.24, 2.45) is 17.8 Å². The Morgan fingerprint density at radius 3 is 1.92 bits per heavy atom. The van der Waals surface area contributed by atoms with E-state index in [9.17, 15) is 0 Å². The summed E-state index contributed by atoms with van der Waals surface area (Å²) in [5.41, 5.74) is 4.04. The average Bonchev–Trinajstić information content (AvgIpc) is 2.92. The predicted molar refractivity (Wildman–Crippen MR) is 168 cm³/mol. The zero-order valence-corrected chi connectivity index (χ0v) is 25.6. The minimum atomic E-state index is -3.47. The summed E-state index contributed by atoms with van der Waals surface area (Å²) in [4.78, 5) is 4.14. The van der Waals surface area contributed by atoms with E-state index < -0.39 is 13.2 Å². The lowest BCUT2D eigenvalue weighted by Crippen LogP contribution is -2.35. The molecule has 4 rings (SSSR count). The molecule has 0 saturated heterocycles. The Hall–Kier alpha value is -2.75. The molecule has 0 bridgehead atoms. The van der Waals surface area contributed by atoms with Crippen molar-refractivity contribution in [3.8, 4) is 0 Å². The Morgan fingerprint density at radius 2 is 1.38 bits per heavy atom. The fraction of sp³-hybridized carbons (Fsp3) is 0.455. The summed E-state index contributed by atoms with van der Waals surface area (Å²) < 4.78 is 22.7. The lowest BCUT2D eigenvalue weighted by molar-refractivity contribution is 0.0489. The van der Waals surface area contributed by atoms with Crippen LogP contribution in [0.5, 0.6) is 0 Å². The molecule has 0 aliphatic heterocycles. The van der Waals surface area contributed by atoms with Crippen molar-refractivity contribution < 1.29 is 9.09 Å². The van der Waals surface area contributed by atoms with Gasteiger partial charge < -0.3 is 19.6 Å². The second-order valence-corrected chi connectivity index (χ2v) is 14.3. The van der Waals surface area contributed by atoms with Crippen LogP contribution >= 0.6 is 7.37 Å². The van der Waals surface area contributed by atoms with E-state index in [-0.39, 0.29) is 6.10 Å². The van der Waals surface area contributed by atoms with Crippen LogP contribution in [0, 0.1) is 17.8 Å². The molecule has 210 valence electrons. The maximum atomic E-state index is 15.7. The van der Waals surface area contributed by atoms with Gasteiger partial charge in [0, 0.05) is 50.6 Å². The van der Waals surface area contributed by atoms with Gasteiger partial charge in [0.05, 0.1) is 6.10 Å². The SMILES string of the molecule is CC(C)[C@@H]1CC[C@@H](C)C[C@H]1O[P@](=O)(c1ccc(N(C)C)cc1)[C@H](Nc1ccccc1)c1ccc(N(C)C)cc1. The molecule has 1 aliphatic carbocycles. The molecule has 0 spiro atoms. The molecule has 0 amide bonds. The molecule has 1 N–H and O–H groups in total. The number of anilines is 3.